The Morgan fingerprint density at radius 2 is 1.00 bits per heavy atom. The molecule has 0 spiro atoms. The van der Waals surface area contributed by atoms with Gasteiger partial charge in [0.05, 0.1) is 12.7 Å². The summed E-state index contributed by atoms with van der Waals surface area (Å²) in [4.78, 5) is 58.8. The largest absolute Gasteiger partial charge is 0.339 e. The summed E-state index contributed by atoms with van der Waals surface area (Å²) in [5.74, 6) is 0. The molecule has 136 valence electrons. The van der Waals surface area contributed by atoms with Crippen LogP contribution in [0.15, 0.2) is 31.8 Å². The third-order valence-electron chi connectivity index (χ3n) is 4.06. The zero-order valence-electron chi connectivity index (χ0n) is 14.5. The van der Waals surface area contributed by atoms with Crippen LogP contribution in [0.5, 0.6) is 0 Å². The number of rotatable bonds is 0. The number of aromatic nitrogens is 8. The van der Waals surface area contributed by atoms with E-state index in [4.69, 9.17) is 0 Å². The molecule has 0 fully saturated rings. The number of aromatic amines is 2. The predicted molar refractivity (Wildman–Crippen MR) is 93.2 cm³/mol. The first-order chi connectivity index (χ1) is 12.3. The third kappa shape index (κ3) is 2.39. The molecule has 12 nitrogen and oxygen atoms in total. The van der Waals surface area contributed by atoms with Gasteiger partial charge in [0, 0.05) is 28.2 Å². The van der Waals surface area contributed by atoms with E-state index in [1.807, 2.05) is 0 Å². The normalized spacial score (nSPS) is 10.9. The Kier molecular flexibility index (Phi) is 3.94. The Morgan fingerprint density at radius 1 is 0.654 bits per heavy atom. The van der Waals surface area contributed by atoms with Crippen LogP contribution in [0.4, 0.5) is 0 Å². The molecular formula is C14H16N8O4. The number of H-pyrrole nitrogens is 2. The highest BCUT2D eigenvalue weighted by atomic mass is 16.2. The first-order valence-electron chi connectivity index (χ1n) is 7.44. The number of hydrogen-bond donors (Lipinski definition) is 2. The molecular weight excluding hydrogens is 344 g/mol. The van der Waals surface area contributed by atoms with Crippen LogP contribution in [-0.4, -0.2) is 38.2 Å². The predicted octanol–water partition coefficient (Wildman–Crippen LogP) is -2.08. The molecule has 0 saturated heterocycles. The van der Waals surface area contributed by atoms with E-state index in [2.05, 4.69) is 19.9 Å². The topological polar surface area (TPSA) is 145 Å². The highest BCUT2D eigenvalue weighted by Crippen LogP contribution is 1.98. The fraction of sp³-hybridized carbons (Fsp3) is 0.286. The lowest BCUT2D eigenvalue weighted by Gasteiger charge is -2.00. The number of nitrogens with zero attached hydrogens (tertiary/aromatic N) is 6. The maximum absolute atomic E-state index is 11.4. The zero-order chi connectivity index (χ0) is 19.2. The van der Waals surface area contributed by atoms with Crippen molar-refractivity contribution >= 4 is 22.3 Å². The highest BCUT2D eigenvalue weighted by molar-refractivity contribution is 5.69. The smallest absolute Gasteiger partial charge is 0.332 e. The minimum Gasteiger partial charge on any atom is -0.339 e. The molecule has 0 amide bonds. The summed E-state index contributed by atoms with van der Waals surface area (Å²) in [7, 11) is 6.02. The average Bonchev–Trinajstić information content (AvgIpc) is 3.31. The average molecular weight is 360 g/mol. The first-order valence-corrected chi connectivity index (χ1v) is 7.44. The molecule has 4 rings (SSSR count). The van der Waals surface area contributed by atoms with Crippen LogP contribution in [0.1, 0.15) is 0 Å². The lowest BCUT2D eigenvalue weighted by molar-refractivity contribution is 0.709. The van der Waals surface area contributed by atoms with Crippen LogP contribution in [-0.2, 0) is 28.2 Å². The van der Waals surface area contributed by atoms with Gasteiger partial charge in [0.2, 0.25) is 0 Å². The monoisotopic (exact) mass is 360 g/mol. The van der Waals surface area contributed by atoms with E-state index in [1.165, 1.54) is 35.9 Å². The van der Waals surface area contributed by atoms with Gasteiger partial charge < -0.3 is 9.97 Å². The van der Waals surface area contributed by atoms with Crippen molar-refractivity contribution in [1.82, 2.24) is 38.2 Å². The van der Waals surface area contributed by atoms with Crippen LogP contribution in [0.3, 0.4) is 0 Å². The molecule has 2 N–H and O–H groups in total. The molecule has 12 heteroatoms. The number of fused-ring (bicyclic) bond motifs is 2. The molecule has 4 heterocycles. The van der Waals surface area contributed by atoms with Crippen molar-refractivity contribution < 1.29 is 0 Å². The van der Waals surface area contributed by atoms with Crippen molar-refractivity contribution in [1.29, 1.82) is 0 Å². The molecule has 26 heavy (non-hydrogen) atoms. The van der Waals surface area contributed by atoms with E-state index in [0.29, 0.717) is 22.3 Å². The van der Waals surface area contributed by atoms with Gasteiger partial charge in [-0.15, -0.1) is 0 Å². The molecule has 0 saturated carbocycles. The van der Waals surface area contributed by atoms with Crippen molar-refractivity contribution in [3.8, 4) is 0 Å². The van der Waals surface area contributed by atoms with Crippen LogP contribution in [0.2, 0.25) is 0 Å². The molecule has 0 aliphatic carbocycles. The van der Waals surface area contributed by atoms with Gasteiger partial charge in [-0.1, -0.05) is 0 Å². The molecule has 0 bridgehead atoms. The second kappa shape index (κ2) is 5.98. The Bertz CT molecular complexity index is 1250. The maximum Gasteiger partial charge on any atom is 0.332 e. The van der Waals surface area contributed by atoms with E-state index < -0.39 is 0 Å². The second-order valence-corrected chi connectivity index (χ2v) is 5.61. The van der Waals surface area contributed by atoms with E-state index in [-0.39, 0.29) is 22.5 Å². The summed E-state index contributed by atoms with van der Waals surface area (Å²) in [6.07, 6.45) is 2.79. The Morgan fingerprint density at radius 3 is 1.35 bits per heavy atom. The van der Waals surface area contributed by atoms with Gasteiger partial charge in [-0.05, 0) is 0 Å². The van der Waals surface area contributed by atoms with Gasteiger partial charge >= 0.3 is 11.4 Å². The molecule has 0 atom stereocenters. The van der Waals surface area contributed by atoms with Crippen molar-refractivity contribution in [2.24, 2.45) is 28.2 Å². The molecule has 0 unspecified atom stereocenters. The number of imidazole rings is 2. The molecule has 0 aliphatic rings. The van der Waals surface area contributed by atoms with Gasteiger partial charge in [0.15, 0.2) is 11.3 Å². The number of hydrogen-bond acceptors (Lipinski definition) is 6. The summed E-state index contributed by atoms with van der Waals surface area (Å²) in [6, 6.07) is 0. The van der Waals surface area contributed by atoms with Crippen molar-refractivity contribution in [3.63, 3.8) is 0 Å². The fourth-order valence-electron chi connectivity index (χ4n) is 2.54. The summed E-state index contributed by atoms with van der Waals surface area (Å²) in [6.45, 7) is 0. The third-order valence-corrected chi connectivity index (χ3v) is 4.06. The van der Waals surface area contributed by atoms with Gasteiger partial charge in [-0.25, -0.2) is 19.6 Å². The van der Waals surface area contributed by atoms with Crippen LogP contribution in [0, 0.1) is 0 Å². The molecule has 0 aromatic carbocycles. The van der Waals surface area contributed by atoms with Crippen molar-refractivity contribution in [3.05, 3.63) is 54.3 Å². The fourth-order valence-corrected chi connectivity index (χ4v) is 2.54. The summed E-state index contributed by atoms with van der Waals surface area (Å²) < 4.78 is 4.74. The van der Waals surface area contributed by atoms with Crippen LogP contribution in [0.25, 0.3) is 22.3 Å². The summed E-state index contributed by atoms with van der Waals surface area (Å²) in [5, 5.41) is 0. The minimum absolute atomic E-state index is 0.351. The van der Waals surface area contributed by atoms with E-state index in [9.17, 15) is 19.2 Å². The van der Waals surface area contributed by atoms with Gasteiger partial charge in [-0.2, -0.15) is 0 Å². The SMILES string of the molecule is Cn1c(=O)c2[nH]cnc2n(C)c1=O.Cn1c(=O)c2[nH]cnc2n(C)c1=O. The maximum atomic E-state index is 11.4. The lowest BCUT2D eigenvalue weighted by Crippen LogP contribution is -2.36. The number of aryl methyl sites for hydroxylation is 2. The minimum atomic E-state index is -0.371. The Balaban J connectivity index is 0.000000151. The van der Waals surface area contributed by atoms with E-state index >= 15 is 0 Å². The van der Waals surface area contributed by atoms with Crippen molar-refractivity contribution in [2.75, 3.05) is 0 Å². The molecule has 0 aliphatic heterocycles. The standard InChI is InChI=1S/2C7H8N4O2/c2*1-10-5-4(8-3-9-5)6(12)11(2)7(10)13/h2*3H,1-2H3,(H,8,9). The molecule has 0 radical (unpaired) electrons. The number of nitrogens with one attached hydrogen (secondary N) is 2. The molecule has 4 aromatic heterocycles. The summed E-state index contributed by atoms with van der Waals surface area (Å²) >= 11 is 0. The summed E-state index contributed by atoms with van der Waals surface area (Å²) in [5.41, 5.74) is 0.0239. The van der Waals surface area contributed by atoms with Gasteiger partial charge in [0.1, 0.15) is 11.0 Å². The van der Waals surface area contributed by atoms with E-state index in [0.717, 1.165) is 9.13 Å². The zero-order valence-corrected chi connectivity index (χ0v) is 14.5. The Hall–Kier alpha value is -3.70. The second-order valence-electron chi connectivity index (χ2n) is 5.61. The lowest BCUT2D eigenvalue weighted by atomic mass is 10.5. The van der Waals surface area contributed by atoms with Crippen LogP contribution < -0.4 is 22.5 Å². The van der Waals surface area contributed by atoms with Gasteiger partial charge in [0.25, 0.3) is 11.1 Å². The quantitative estimate of drug-likeness (QED) is 0.368. The first kappa shape index (κ1) is 17.1. The van der Waals surface area contributed by atoms with Gasteiger partial charge in [-0.3, -0.25) is 27.9 Å². The van der Waals surface area contributed by atoms with Crippen LogP contribution >= 0.6 is 0 Å². The Labute approximate surface area is 144 Å². The van der Waals surface area contributed by atoms with Crippen molar-refractivity contribution in [2.45, 2.75) is 0 Å². The molecule has 4 aromatic rings. The highest BCUT2D eigenvalue weighted by Gasteiger charge is 2.09. The van der Waals surface area contributed by atoms with E-state index in [1.54, 1.807) is 14.1 Å².